The Morgan fingerprint density at radius 2 is 2.10 bits per heavy atom. The second-order valence-electron chi connectivity index (χ2n) is 6.33. The number of hydrogen-bond acceptors (Lipinski definition) is 5. The van der Waals surface area contributed by atoms with Crippen LogP contribution in [0.2, 0.25) is 0 Å². The Morgan fingerprint density at radius 1 is 1.43 bits per heavy atom. The number of nitro benzene ring substituents is 1. The third-order valence-corrected chi connectivity index (χ3v) is 3.55. The van der Waals surface area contributed by atoms with Crippen molar-refractivity contribution in [2.45, 2.75) is 51.4 Å². The highest BCUT2D eigenvalue weighted by Gasteiger charge is 2.48. The molecule has 0 bridgehead atoms. The van der Waals surface area contributed by atoms with E-state index in [1.54, 1.807) is 0 Å². The summed E-state index contributed by atoms with van der Waals surface area (Å²) in [5.41, 5.74) is -0.841. The molecule has 1 aromatic carbocycles. The first-order chi connectivity index (χ1) is 9.64. The summed E-state index contributed by atoms with van der Waals surface area (Å²) >= 11 is 0. The summed E-state index contributed by atoms with van der Waals surface area (Å²) in [7, 11) is 0. The minimum absolute atomic E-state index is 0.165. The quantitative estimate of drug-likeness (QED) is 0.630. The van der Waals surface area contributed by atoms with Crippen LogP contribution in [0.1, 0.15) is 39.7 Å². The van der Waals surface area contributed by atoms with Crippen LogP contribution in [0.5, 0.6) is 5.75 Å². The van der Waals surface area contributed by atoms with Crippen molar-refractivity contribution < 1.29 is 14.4 Å². The van der Waals surface area contributed by atoms with Crippen molar-refractivity contribution >= 4 is 5.69 Å². The number of hydrogen-bond donors (Lipinski definition) is 0. The zero-order valence-corrected chi connectivity index (χ0v) is 12.5. The summed E-state index contributed by atoms with van der Waals surface area (Å²) in [6.45, 7) is 7.74. The molecule has 1 atom stereocenters. The maximum Gasteiger partial charge on any atom is 0.312 e. The molecule has 0 aliphatic carbocycles. The van der Waals surface area contributed by atoms with Gasteiger partial charge >= 0.3 is 5.69 Å². The number of nitriles is 1. The first-order valence-electron chi connectivity index (χ1n) is 6.70. The fourth-order valence-electron chi connectivity index (χ4n) is 2.68. The van der Waals surface area contributed by atoms with Crippen LogP contribution in [-0.2, 0) is 4.74 Å². The van der Waals surface area contributed by atoms with Crippen molar-refractivity contribution in [1.82, 2.24) is 0 Å². The van der Waals surface area contributed by atoms with Gasteiger partial charge in [-0.05, 0) is 39.8 Å². The first kappa shape index (κ1) is 15.3. The van der Waals surface area contributed by atoms with Gasteiger partial charge < -0.3 is 9.47 Å². The standard InChI is InChI=1S/C15H18N2O4/c1-14(2)8-13(15(3,4)21-14)20-12-6-5-10(9-16)7-11(12)17(18)19/h5-7,13H,8H2,1-4H3. The molecule has 1 aliphatic heterocycles. The van der Waals surface area contributed by atoms with Crippen LogP contribution in [0, 0.1) is 21.4 Å². The summed E-state index contributed by atoms with van der Waals surface area (Å²) in [6, 6.07) is 6.09. The molecule has 1 heterocycles. The van der Waals surface area contributed by atoms with Gasteiger partial charge in [0, 0.05) is 12.5 Å². The molecule has 0 aromatic heterocycles. The molecule has 2 rings (SSSR count). The van der Waals surface area contributed by atoms with Crippen molar-refractivity contribution in [3.05, 3.63) is 33.9 Å². The van der Waals surface area contributed by atoms with Gasteiger partial charge in [0.25, 0.3) is 0 Å². The number of nitrogens with zero attached hydrogens (tertiary/aromatic N) is 2. The molecule has 0 N–H and O–H groups in total. The highest BCUT2D eigenvalue weighted by atomic mass is 16.6. The second-order valence-corrected chi connectivity index (χ2v) is 6.33. The van der Waals surface area contributed by atoms with Gasteiger partial charge in [-0.1, -0.05) is 0 Å². The third-order valence-electron chi connectivity index (χ3n) is 3.55. The maximum atomic E-state index is 11.1. The Hall–Kier alpha value is -2.13. The highest BCUT2D eigenvalue weighted by molar-refractivity contribution is 5.51. The van der Waals surface area contributed by atoms with Crippen LogP contribution in [0.3, 0.4) is 0 Å². The van der Waals surface area contributed by atoms with Gasteiger partial charge in [0.15, 0.2) is 5.75 Å². The fourth-order valence-corrected chi connectivity index (χ4v) is 2.68. The SMILES string of the molecule is CC1(C)CC(Oc2ccc(C#N)cc2[N+](=O)[O-])C(C)(C)O1. The molecule has 6 heteroatoms. The lowest BCUT2D eigenvalue weighted by Gasteiger charge is -2.27. The lowest BCUT2D eigenvalue weighted by Crippen LogP contribution is -2.36. The van der Waals surface area contributed by atoms with Gasteiger partial charge in [0.2, 0.25) is 0 Å². The number of ether oxygens (including phenoxy) is 2. The van der Waals surface area contributed by atoms with E-state index in [0.717, 1.165) is 0 Å². The Labute approximate surface area is 123 Å². The summed E-state index contributed by atoms with van der Waals surface area (Å²) < 4.78 is 11.8. The summed E-state index contributed by atoms with van der Waals surface area (Å²) in [4.78, 5) is 10.6. The van der Waals surface area contributed by atoms with Crippen LogP contribution in [-0.4, -0.2) is 22.2 Å². The van der Waals surface area contributed by atoms with Gasteiger partial charge in [0.05, 0.1) is 22.2 Å². The molecule has 0 spiro atoms. The smallest absolute Gasteiger partial charge is 0.312 e. The van der Waals surface area contributed by atoms with Crippen molar-refractivity contribution in [3.63, 3.8) is 0 Å². The molecule has 1 fully saturated rings. The number of benzene rings is 1. The highest BCUT2D eigenvalue weighted by Crippen LogP contribution is 2.41. The van der Waals surface area contributed by atoms with E-state index in [2.05, 4.69) is 0 Å². The normalized spacial score (nSPS) is 22.5. The largest absolute Gasteiger partial charge is 0.480 e. The fraction of sp³-hybridized carbons (Fsp3) is 0.533. The zero-order chi connectivity index (χ0) is 15.8. The molecule has 0 radical (unpaired) electrons. The Balaban J connectivity index is 2.32. The summed E-state index contributed by atoms with van der Waals surface area (Å²) in [5, 5.41) is 20.0. The molecule has 1 unspecified atom stereocenters. The average molecular weight is 290 g/mol. The van der Waals surface area contributed by atoms with E-state index >= 15 is 0 Å². The molecule has 0 amide bonds. The van der Waals surface area contributed by atoms with Gasteiger partial charge in [-0.25, -0.2) is 0 Å². The number of nitro groups is 1. The van der Waals surface area contributed by atoms with E-state index < -0.39 is 10.5 Å². The predicted molar refractivity (Wildman–Crippen MR) is 76.1 cm³/mol. The zero-order valence-electron chi connectivity index (χ0n) is 12.5. The lowest BCUT2D eigenvalue weighted by atomic mass is 9.97. The Bertz CT molecular complexity index is 617. The molecular weight excluding hydrogens is 272 g/mol. The van der Waals surface area contributed by atoms with Crippen molar-refractivity contribution in [2.24, 2.45) is 0 Å². The van der Waals surface area contributed by atoms with Crippen LogP contribution in [0.15, 0.2) is 18.2 Å². The van der Waals surface area contributed by atoms with E-state index in [0.29, 0.717) is 6.42 Å². The molecule has 112 valence electrons. The van der Waals surface area contributed by atoms with Crippen molar-refractivity contribution in [2.75, 3.05) is 0 Å². The second kappa shape index (κ2) is 5.01. The van der Waals surface area contributed by atoms with E-state index in [4.69, 9.17) is 14.7 Å². The van der Waals surface area contributed by atoms with Crippen LogP contribution in [0.4, 0.5) is 5.69 Å². The summed E-state index contributed by atoms with van der Waals surface area (Å²) in [6.07, 6.45) is 0.344. The molecule has 0 saturated carbocycles. The van der Waals surface area contributed by atoms with Crippen molar-refractivity contribution in [1.29, 1.82) is 5.26 Å². The first-order valence-corrected chi connectivity index (χ1v) is 6.70. The lowest BCUT2D eigenvalue weighted by molar-refractivity contribution is -0.386. The van der Waals surface area contributed by atoms with Gasteiger partial charge in [-0.2, -0.15) is 5.26 Å². The Kier molecular flexibility index (Phi) is 3.64. The molecule has 1 aromatic rings. The Morgan fingerprint density at radius 3 is 2.57 bits per heavy atom. The van der Waals surface area contributed by atoms with E-state index in [9.17, 15) is 10.1 Å². The molecular formula is C15H18N2O4. The van der Waals surface area contributed by atoms with E-state index in [1.165, 1.54) is 18.2 Å². The van der Waals surface area contributed by atoms with Gasteiger partial charge in [-0.3, -0.25) is 10.1 Å². The molecule has 6 nitrogen and oxygen atoms in total. The topological polar surface area (TPSA) is 85.4 Å². The maximum absolute atomic E-state index is 11.1. The van der Waals surface area contributed by atoms with Crippen molar-refractivity contribution in [3.8, 4) is 11.8 Å². The summed E-state index contributed by atoms with van der Waals surface area (Å²) in [5.74, 6) is 0.165. The predicted octanol–water partition coefficient (Wildman–Crippen LogP) is 3.19. The van der Waals surface area contributed by atoms with E-state index in [1.807, 2.05) is 33.8 Å². The van der Waals surface area contributed by atoms with E-state index in [-0.39, 0.29) is 28.7 Å². The molecule has 21 heavy (non-hydrogen) atoms. The average Bonchev–Trinajstić information content (AvgIpc) is 2.57. The third kappa shape index (κ3) is 3.14. The minimum atomic E-state index is -0.538. The molecule has 1 aliphatic rings. The monoisotopic (exact) mass is 290 g/mol. The van der Waals surface area contributed by atoms with Gasteiger partial charge in [-0.15, -0.1) is 0 Å². The van der Waals surface area contributed by atoms with Crippen LogP contribution >= 0.6 is 0 Å². The van der Waals surface area contributed by atoms with Crippen LogP contribution < -0.4 is 4.74 Å². The number of rotatable bonds is 3. The van der Waals surface area contributed by atoms with Gasteiger partial charge in [0.1, 0.15) is 11.7 Å². The van der Waals surface area contributed by atoms with Crippen LogP contribution in [0.25, 0.3) is 0 Å². The minimum Gasteiger partial charge on any atom is -0.480 e. The molecule has 1 saturated heterocycles.